The highest BCUT2D eigenvalue weighted by atomic mass is 32.2. The summed E-state index contributed by atoms with van der Waals surface area (Å²) in [4.78, 5) is 12.8. The van der Waals surface area contributed by atoms with E-state index in [1.165, 1.54) is 4.31 Å². The van der Waals surface area contributed by atoms with Crippen LogP contribution in [0.25, 0.3) is 0 Å². The van der Waals surface area contributed by atoms with Crippen LogP contribution in [-0.2, 0) is 14.8 Å². The third-order valence-electron chi connectivity index (χ3n) is 5.63. The maximum Gasteiger partial charge on any atom is 0.243 e. The van der Waals surface area contributed by atoms with E-state index in [1.54, 1.807) is 12.1 Å². The molecule has 6 heteroatoms. The molecule has 0 aliphatic heterocycles. The Kier molecular flexibility index (Phi) is 6.35. The molecule has 0 atom stereocenters. The van der Waals surface area contributed by atoms with Gasteiger partial charge in [0.05, 0.1) is 11.4 Å². The van der Waals surface area contributed by atoms with Gasteiger partial charge >= 0.3 is 0 Å². The molecule has 0 bridgehead atoms. The summed E-state index contributed by atoms with van der Waals surface area (Å²) in [7, 11) is -3.67. The van der Waals surface area contributed by atoms with Gasteiger partial charge in [0.25, 0.3) is 0 Å². The number of hydrogen-bond donors (Lipinski definition) is 1. The Labute approximate surface area is 157 Å². The highest BCUT2D eigenvalue weighted by molar-refractivity contribution is 7.89. The molecule has 2 aliphatic rings. The van der Waals surface area contributed by atoms with Gasteiger partial charge in [0, 0.05) is 12.1 Å². The van der Waals surface area contributed by atoms with E-state index in [9.17, 15) is 13.2 Å². The molecule has 0 radical (unpaired) electrons. The largest absolute Gasteiger partial charge is 0.352 e. The lowest BCUT2D eigenvalue weighted by atomic mass is 9.95. The zero-order chi connectivity index (χ0) is 18.6. The molecular formula is C20H30N2O3S. The highest BCUT2D eigenvalue weighted by Gasteiger charge is 2.34. The van der Waals surface area contributed by atoms with E-state index in [0.717, 1.165) is 63.4 Å². The second kappa shape index (κ2) is 8.53. The molecule has 0 saturated heterocycles. The van der Waals surface area contributed by atoms with E-state index in [0.29, 0.717) is 0 Å². The topological polar surface area (TPSA) is 66.5 Å². The Balaban J connectivity index is 1.79. The van der Waals surface area contributed by atoms with Crippen molar-refractivity contribution in [3.63, 3.8) is 0 Å². The number of carbonyl (C=O) groups excluding carboxylic acids is 1. The number of nitrogens with zero attached hydrogens (tertiary/aromatic N) is 1. The molecule has 0 unspecified atom stereocenters. The molecule has 2 saturated carbocycles. The summed E-state index contributed by atoms with van der Waals surface area (Å²) in [6, 6.07) is 7.04. The standard InChI is InChI=1S/C20H30N2O3S/c1-16-11-13-19(14-12-16)26(24,25)22(18-9-3-2-4-10-18)15-20(23)21-17-7-5-6-8-17/h11-14,17-18H,2-10,15H2,1H3,(H,21,23). The van der Waals surface area contributed by atoms with Gasteiger partial charge < -0.3 is 5.32 Å². The number of rotatable bonds is 6. The van der Waals surface area contributed by atoms with E-state index >= 15 is 0 Å². The van der Waals surface area contributed by atoms with Gasteiger partial charge in [-0.05, 0) is 44.7 Å². The normalized spacial score (nSPS) is 19.8. The van der Waals surface area contributed by atoms with Gasteiger partial charge in [-0.2, -0.15) is 4.31 Å². The smallest absolute Gasteiger partial charge is 0.243 e. The van der Waals surface area contributed by atoms with Crippen LogP contribution in [-0.4, -0.2) is 37.3 Å². The Bertz CT molecular complexity index is 703. The molecule has 1 N–H and O–H groups in total. The first-order chi connectivity index (χ1) is 12.5. The predicted octanol–water partition coefficient (Wildman–Crippen LogP) is 3.38. The van der Waals surface area contributed by atoms with Crippen LogP contribution in [0.5, 0.6) is 0 Å². The van der Waals surface area contributed by atoms with Crippen molar-refractivity contribution >= 4 is 15.9 Å². The van der Waals surface area contributed by atoms with Gasteiger partial charge in [0.1, 0.15) is 0 Å². The predicted molar refractivity (Wildman–Crippen MR) is 102 cm³/mol. The van der Waals surface area contributed by atoms with E-state index in [4.69, 9.17) is 0 Å². The van der Waals surface area contributed by atoms with Crippen LogP contribution in [0.4, 0.5) is 0 Å². The molecule has 1 amide bonds. The first kappa shape index (κ1) is 19.4. The van der Waals surface area contributed by atoms with Crippen molar-refractivity contribution in [1.29, 1.82) is 0 Å². The fourth-order valence-corrected chi connectivity index (χ4v) is 5.75. The van der Waals surface area contributed by atoms with Crippen LogP contribution < -0.4 is 5.32 Å². The molecule has 26 heavy (non-hydrogen) atoms. The SMILES string of the molecule is Cc1ccc(S(=O)(=O)N(CC(=O)NC2CCCC2)C2CCCCC2)cc1. The fourth-order valence-electron chi connectivity index (χ4n) is 4.11. The Hall–Kier alpha value is -1.40. The van der Waals surface area contributed by atoms with Crippen molar-refractivity contribution in [3.8, 4) is 0 Å². The van der Waals surface area contributed by atoms with Crippen LogP contribution in [0.3, 0.4) is 0 Å². The number of benzene rings is 1. The van der Waals surface area contributed by atoms with Gasteiger partial charge in [-0.25, -0.2) is 8.42 Å². The molecule has 1 aromatic carbocycles. The Morgan fingerprint density at radius 2 is 1.58 bits per heavy atom. The van der Waals surface area contributed by atoms with Gasteiger partial charge in [0.2, 0.25) is 15.9 Å². The Morgan fingerprint density at radius 3 is 2.19 bits per heavy atom. The molecule has 144 valence electrons. The Morgan fingerprint density at radius 1 is 1.00 bits per heavy atom. The van der Waals surface area contributed by atoms with E-state index in [2.05, 4.69) is 5.32 Å². The van der Waals surface area contributed by atoms with Crippen molar-refractivity contribution in [1.82, 2.24) is 9.62 Å². The van der Waals surface area contributed by atoms with Gasteiger partial charge in [-0.15, -0.1) is 0 Å². The molecule has 0 aromatic heterocycles. The monoisotopic (exact) mass is 378 g/mol. The number of sulfonamides is 1. The van der Waals surface area contributed by atoms with Crippen LogP contribution in [0, 0.1) is 6.92 Å². The average molecular weight is 379 g/mol. The van der Waals surface area contributed by atoms with Crippen molar-refractivity contribution < 1.29 is 13.2 Å². The first-order valence-corrected chi connectivity index (χ1v) is 11.3. The zero-order valence-electron chi connectivity index (χ0n) is 15.6. The first-order valence-electron chi connectivity index (χ1n) is 9.85. The molecule has 5 nitrogen and oxygen atoms in total. The van der Waals surface area contributed by atoms with Crippen LogP contribution in [0.15, 0.2) is 29.2 Å². The molecule has 2 fully saturated rings. The van der Waals surface area contributed by atoms with Gasteiger partial charge in [-0.3, -0.25) is 4.79 Å². The van der Waals surface area contributed by atoms with Crippen LogP contribution >= 0.6 is 0 Å². The number of hydrogen-bond acceptors (Lipinski definition) is 3. The maximum atomic E-state index is 13.3. The van der Waals surface area contributed by atoms with Crippen molar-refractivity contribution in [2.75, 3.05) is 6.54 Å². The molecule has 0 heterocycles. The fraction of sp³-hybridized carbons (Fsp3) is 0.650. The van der Waals surface area contributed by atoms with E-state index in [1.807, 2.05) is 19.1 Å². The number of nitrogens with one attached hydrogen (secondary N) is 1. The second-order valence-corrected chi connectivity index (χ2v) is 9.59. The minimum Gasteiger partial charge on any atom is -0.352 e. The maximum absolute atomic E-state index is 13.3. The number of aryl methyl sites for hydroxylation is 1. The lowest BCUT2D eigenvalue weighted by Crippen LogP contribution is -2.48. The van der Waals surface area contributed by atoms with Crippen LogP contribution in [0.1, 0.15) is 63.4 Å². The summed E-state index contributed by atoms with van der Waals surface area (Å²) in [5.41, 5.74) is 1.02. The van der Waals surface area contributed by atoms with Gasteiger partial charge in [-0.1, -0.05) is 49.8 Å². The van der Waals surface area contributed by atoms with E-state index in [-0.39, 0.29) is 29.4 Å². The number of carbonyl (C=O) groups is 1. The summed E-state index contributed by atoms with van der Waals surface area (Å²) < 4.78 is 28.0. The van der Waals surface area contributed by atoms with Crippen molar-refractivity contribution in [2.45, 2.75) is 81.7 Å². The molecule has 0 spiro atoms. The third-order valence-corrected chi connectivity index (χ3v) is 7.54. The summed E-state index contributed by atoms with van der Waals surface area (Å²) in [5, 5.41) is 3.04. The molecule has 1 aromatic rings. The molecule has 2 aliphatic carbocycles. The average Bonchev–Trinajstić information content (AvgIpc) is 3.13. The van der Waals surface area contributed by atoms with E-state index < -0.39 is 10.0 Å². The summed E-state index contributed by atoms with van der Waals surface area (Å²) in [5.74, 6) is -0.168. The molecular weight excluding hydrogens is 348 g/mol. The summed E-state index contributed by atoms with van der Waals surface area (Å²) >= 11 is 0. The summed E-state index contributed by atoms with van der Waals surface area (Å²) in [6.45, 7) is 1.86. The quantitative estimate of drug-likeness (QED) is 0.825. The molecule has 3 rings (SSSR count). The minimum atomic E-state index is -3.67. The highest BCUT2D eigenvalue weighted by Crippen LogP contribution is 2.28. The van der Waals surface area contributed by atoms with Crippen LogP contribution in [0.2, 0.25) is 0 Å². The third kappa shape index (κ3) is 4.65. The van der Waals surface area contributed by atoms with Crippen molar-refractivity contribution in [2.24, 2.45) is 0 Å². The number of amides is 1. The second-order valence-electron chi connectivity index (χ2n) is 7.70. The lowest BCUT2D eigenvalue weighted by Gasteiger charge is -2.33. The minimum absolute atomic E-state index is 0.0720. The van der Waals surface area contributed by atoms with Crippen molar-refractivity contribution in [3.05, 3.63) is 29.8 Å². The van der Waals surface area contributed by atoms with Gasteiger partial charge in [0.15, 0.2) is 0 Å². The summed E-state index contributed by atoms with van der Waals surface area (Å²) in [6.07, 6.45) is 9.13. The lowest BCUT2D eigenvalue weighted by molar-refractivity contribution is -0.122. The zero-order valence-corrected chi connectivity index (χ0v) is 16.4.